The number of hydrogen-bond acceptors (Lipinski definition) is 15. The Hall–Kier alpha value is -4.80. The number of ether oxygens (including phenoxy) is 4. The highest BCUT2D eigenvalue weighted by molar-refractivity contribution is 7.47. The van der Waals surface area contributed by atoms with Gasteiger partial charge in [-0.2, -0.15) is 0 Å². The van der Waals surface area contributed by atoms with Crippen LogP contribution in [-0.2, 0) is 65.4 Å². The highest BCUT2D eigenvalue weighted by Crippen LogP contribution is 2.45. The Morgan fingerprint density at radius 3 is 1.03 bits per heavy atom. The number of aliphatic hydroxyl groups is 1. The zero-order chi connectivity index (χ0) is 67.5. The molecule has 5 atom stereocenters. The first-order valence-corrected chi connectivity index (χ1v) is 37.4. The molecule has 17 nitrogen and oxygen atoms in total. The van der Waals surface area contributed by atoms with Gasteiger partial charge in [-0.3, -0.25) is 37.3 Å². The first kappa shape index (κ1) is 87.2. The van der Waals surface area contributed by atoms with Gasteiger partial charge in [0.25, 0.3) is 0 Å². The standard InChI is InChI=1S/C73H120O17P2/c1-5-9-13-17-21-25-29-31-33-35-39-42-46-50-54-58-71(76)84-64-69(90-73(78)60-56-52-48-44-40-36-34-32-30-26-22-18-14-10-6-2)66-88-92(81,82)86-62-67(74)61-85-91(79,80)87-65-68(89-72(77)59-55-51-47-43-38-28-24-20-16-12-8-4)63-83-70(75)57-53-49-45-41-37-27-23-19-15-11-7-3/h9-10,13-14,19,21-23,25-26,31-34,39-40,42,44,50,52,54,56,67-69,74H,5-8,11-12,15-18,20,24,27-30,35-38,41,43,45-49,51,53,55,57-66H2,1-4H3,(H,79,80)(H,81,82)/b13-9-,14-10-,23-19-,25-21-,26-22-,33-31-,34-32-,42-39-,44-40-,54-50-,56-52-. The Labute approximate surface area is 554 Å². The fourth-order valence-corrected chi connectivity index (χ4v) is 10.0. The third-order valence-corrected chi connectivity index (χ3v) is 15.6. The molecule has 5 unspecified atom stereocenters. The summed E-state index contributed by atoms with van der Waals surface area (Å²) in [6, 6.07) is 0. The van der Waals surface area contributed by atoms with Crippen LogP contribution in [0.3, 0.4) is 0 Å². The van der Waals surface area contributed by atoms with Crippen LogP contribution in [0.1, 0.15) is 246 Å². The van der Waals surface area contributed by atoms with Crippen molar-refractivity contribution in [3.05, 3.63) is 134 Å². The van der Waals surface area contributed by atoms with Crippen LogP contribution in [-0.4, -0.2) is 96.7 Å². The summed E-state index contributed by atoms with van der Waals surface area (Å²) in [5.74, 6) is -2.49. The predicted octanol–water partition coefficient (Wildman–Crippen LogP) is 19.0. The quantitative estimate of drug-likeness (QED) is 0.0169. The van der Waals surface area contributed by atoms with E-state index in [1.165, 1.54) is 51.4 Å². The minimum Gasteiger partial charge on any atom is -0.462 e. The fourth-order valence-electron chi connectivity index (χ4n) is 8.47. The molecule has 0 aliphatic carbocycles. The molecule has 0 radical (unpaired) electrons. The maximum atomic E-state index is 13.0. The molecule has 19 heteroatoms. The summed E-state index contributed by atoms with van der Waals surface area (Å²) < 4.78 is 67.8. The monoisotopic (exact) mass is 1330 g/mol. The van der Waals surface area contributed by atoms with Gasteiger partial charge in [0.1, 0.15) is 19.3 Å². The van der Waals surface area contributed by atoms with Crippen LogP contribution in [0, 0.1) is 0 Å². The molecule has 0 saturated heterocycles. The largest absolute Gasteiger partial charge is 0.472 e. The van der Waals surface area contributed by atoms with E-state index < -0.39 is 97.5 Å². The molecule has 3 N–H and O–H groups in total. The number of esters is 4. The summed E-state index contributed by atoms with van der Waals surface area (Å²) in [6.07, 6.45) is 69.7. The van der Waals surface area contributed by atoms with Crippen molar-refractivity contribution in [2.24, 2.45) is 0 Å². The van der Waals surface area contributed by atoms with Gasteiger partial charge in [-0.1, -0.05) is 258 Å². The van der Waals surface area contributed by atoms with Crippen molar-refractivity contribution in [3.8, 4) is 0 Å². The molecule has 0 saturated carbocycles. The molecule has 0 aliphatic heterocycles. The van der Waals surface area contributed by atoms with Gasteiger partial charge >= 0.3 is 39.5 Å². The van der Waals surface area contributed by atoms with Gasteiger partial charge < -0.3 is 33.8 Å². The number of unbranched alkanes of at least 4 members (excludes halogenated alkanes) is 17. The molecule has 92 heavy (non-hydrogen) atoms. The van der Waals surface area contributed by atoms with Crippen LogP contribution in [0.5, 0.6) is 0 Å². The van der Waals surface area contributed by atoms with Gasteiger partial charge in [-0.25, -0.2) is 9.13 Å². The van der Waals surface area contributed by atoms with E-state index >= 15 is 0 Å². The number of aliphatic hydroxyl groups excluding tert-OH is 1. The Morgan fingerprint density at radius 1 is 0.326 bits per heavy atom. The van der Waals surface area contributed by atoms with Gasteiger partial charge in [-0.05, 0) is 96.3 Å². The summed E-state index contributed by atoms with van der Waals surface area (Å²) in [7, 11) is -9.99. The maximum absolute atomic E-state index is 13.0. The van der Waals surface area contributed by atoms with E-state index in [1.807, 2.05) is 30.4 Å². The van der Waals surface area contributed by atoms with Gasteiger partial charge in [0.05, 0.1) is 39.3 Å². The minimum absolute atomic E-state index is 0.0887. The molecular weight excluding hydrogens is 1210 g/mol. The lowest BCUT2D eigenvalue weighted by atomic mass is 10.1. The average Bonchev–Trinajstić information content (AvgIpc) is 2.93. The zero-order valence-electron chi connectivity index (χ0n) is 56.7. The third kappa shape index (κ3) is 63.9. The van der Waals surface area contributed by atoms with E-state index in [9.17, 15) is 43.2 Å². The Kier molecular flexibility index (Phi) is 61.5. The molecule has 0 amide bonds. The summed E-state index contributed by atoms with van der Waals surface area (Å²) in [4.78, 5) is 72.3. The number of carbonyl (C=O) groups is 4. The maximum Gasteiger partial charge on any atom is 0.472 e. The van der Waals surface area contributed by atoms with Gasteiger partial charge in [0.15, 0.2) is 12.2 Å². The molecule has 0 fully saturated rings. The number of carbonyl (C=O) groups excluding carboxylic acids is 4. The van der Waals surface area contributed by atoms with Crippen molar-refractivity contribution in [2.75, 3.05) is 39.6 Å². The minimum atomic E-state index is -5.01. The van der Waals surface area contributed by atoms with Gasteiger partial charge in [-0.15, -0.1) is 0 Å². The lowest BCUT2D eigenvalue weighted by molar-refractivity contribution is -0.161. The molecule has 0 aromatic carbocycles. The molecule has 0 aromatic rings. The lowest BCUT2D eigenvalue weighted by Crippen LogP contribution is -2.30. The summed E-state index contributed by atoms with van der Waals surface area (Å²) in [5, 5.41) is 10.6. The second-order valence-electron chi connectivity index (χ2n) is 22.4. The van der Waals surface area contributed by atoms with Crippen LogP contribution < -0.4 is 0 Å². The molecule has 0 heterocycles. The smallest absolute Gasteiger partial charge is 0.462 e. The Morgan fingerprint density at radius 2 is 0.630 bits per heavy atom. The highest BCUT2D eigenvalue weighted by atomic mass is 31.2. The SMILES string of the molecule is CC/C=C\C/C=C\C/C=C\C/C=C\C/C=C\CC(=O)OCC(COP(=O)(O)OCC(O)COP(=O)(O)OCC(COC(=O)CCCCCCC/C=C\CCCC)OC(=O)CCCCCCCCCCCCC)OC(=O)C/C=C\C/C=C\C/C=C\C/C=C\C/C=C\CC. The van der Waals surface area contributed by atoms with E-state index in [0.29, 0.717) is 25.7 Å². The van der Waals surface area contributed by atoms with Crippen molar-refractivity contribution in [1.29, 1.82) is 0 Å². The summed E-state index contributed by atoms with van der Waals surface area (Å²) in [5.41, 5.74) is 0. The van der Waals surface area contributed by atoms with Crippen molar-refractivity contribution >= 4 is 39.5 Å². The van der Waals surface area contributed by atoms with E-state index in [1.54, 1.807) is 18.2 Å². The molecule has 0 aliphatic rings. The lowest BCUT2D eigenvalue weighted by Gasteiger charge is -2.21. The molecular formula is C73H120O17P2. The van der Waals surface area contributed by atoms with Crippen LogP contribution >= 0.6 is 15.6 Å². The van der Waals surface area contributed by atoms with Crippen LogP contribution in [0.4, 0.5) is 0 Å². The number of phosphoric acid groups is 2. The van der Waals surface area contributed by atoms with Crippen molar-refractivity contribution in [1.82, 2.24) is 0 Å². The van der Waals surface area contributed by atoms with Crippen LogP contribution in [0.2, 0.25) is 0 Å². The Balaban J connectivity index is 5.48. The van der Waals surface area contributed by atoms with Gasteiger partial charge in [0.2, 0.25) is 0 Å². The Bertz CT molecular complexity index is 2280. The second kappa shape index (κ2) is 64.9. The third-order valence-electron chi connectivity index (χ3n) is 13.7. The first-order chi connectivity index (χ1) is 44.7. The van der Waals surface area contributed by atoms with E-state index in [2.05, 4.69) is 113 Å². The highest BCUT2D eigenvalue weighted by Gasteiger charge is 2.30. The first-order valence-electron chi connectivity index (χ1n) is 34.4. The predicted molar refractivity (Wildman–Crippen MR) is 371 cm³/mol. The molecule has 0 aromatic heterocycles. The van der Waals surface area contributed by atoms with E-state index in [0.717, 1.165) is 116 Å². The van der Waals surface area contributed by atoms with Crippen molar-refractivity contribution in [3.63, 3.8) is 0 Å². The second-order valence-corrected chi connectivity index (χ2v) is 25.3. The summed E-state index contributed by atoms with van der Waals surface area (Å²) in [6.45, 7) is 4.31. The van der Waals surface area contributed by atoms with Crippen molar-refractivity contribution < 1.29 is 80.2 Å². The fraction of sp³-hybridized carbons (Fsp3) is 0.644. The topological polar surface area (TPSA) is 237 Å². The molecule has 0 spiro atoms. The zero-order valence-corrected chi connectivity index (χ0v) is 58.5. The van der Waals surface area contributed by atoms with Crippen LogP contribution in [0.15, 0.2) is 134 Å². The molecule has 0 bridgehead atoms. The number of rotatable bonds is 63. The van der Waals surface area contributed by atoms with Crippen molar-refractivity contribution in [2.45, 2.75) is 264 Å². The normalized spacial score (nSPS) is 14.9. The average molecular weight is 1330 g/mol. The number of allylic oxidation sites excluding steroid dienone is 20. The molecule has 524 valence electrons. The molecule has 0 rings (SSSR count). The number of phosphoric ester groups is 2. The van der Waals surface area contributed by atoms with Crippen LogP contribution in [0.25, 0.3) is 0 Å². The number of hydrogen-bond donors (Lipinski definition) is 3. The van der Waals surface area contributed by atoms with Gasteiger partial charge in [0, 0.05) is 12.8 Å². The van der Waals surface area contributed by atoms with E-state index in [4.69, 9.17) is 37.0 Å². The van der Waals surface area contributed by atoms with E-state index in [-0.39, 0.29) is 25.7 Å². The summed E-state index contributed by atoms with van der Waals surface area (Å²) >= 11 is 0.